The lowest BCUT2D eigenvalue weighted by molar-refractivity contribution is -0.248. The second kappa shape index (κ2) is 6.98. The molecule has 1 aromatic carbocycles. The Balaban J connectivity index is 2.52. The number of amides is 1. The highest BCUT2D eigenvalue weighted by Crippen LogP contribution is 2.34. The van der Waals surface area contributed by atoms with Gasteiger partial charge in [0.2, 0.25) is 5.91 Å². The van der Waals surface area contributed by atoms with Gasteiger partial charge in [0.25, 0.3) is 0 Å². The number of nitrogens with two attached hydrogens (primary N) is 2. The fourth-order valence-corrected chi connectivity index (χ4v) is 2.72. The number of methoxy groups -OCH3 is 1. The van der Waals surface area contributed by atoms with Crippen LogP contribution < -0.4 is 16.2 Å². The van der Waals surface area contributed by atoms with E-state index in [2.05, 4.69) is 0 Å². The first-order chi connectivity index (χ1) is 11.6. The minimum atomic E-state index is -2.13. The van der Waals surface area contributed by atoms with Gasteiger partial charge in [0.05, 0.1) is 18.8 Å². The standard InChI is InChI=1S/C16H22N2O7/c1-7-12(20)13(21)14(22)16(18,25-7)9(15(17)23)5-8-3-4-10(19)11(6-8)24-2/h3-7,12-14,19-22H,18H2,1-2H3,(H2,17,23)/b9-5-/t7-,12-,13+,14+,16-/m0/s1. The van der Waals surface area contributed by atoms with E-state index in [1.807, 2.05) is 0 Å². The number of rotatable bonds is 4. The molecule has 1 aliphatic heterocycles. The van der Waals surface area contributed by atoms with Crippen LogP contribution in [0.25, 0.3) is 6.08 Å². The van der Waals surface area contributed by atoms with Gasteiger partial charge < -0.3 is 35.6 Å². The summed E-state index contributed by atoms with van der Waals surface area (Å²) in [6.07, 6.45) is -4.51. The van der Waals surface area contributed by atoms with E-state index in [1.165, 1.54) is 38.3 Å². The van der Waals surface area contributed by atoms with E-state index in [-0.39, 0.29) is 17.1 Å². The molecule has 1 aliphatic rings. The first-order valence-electron chi connectivity index (χ1n) is 7.51. The van der Waals surface area contributed by atoms with Gasteiger partial charge in [-0.05, 0) is 30.7 Å². The molecule has 0 aromatic heterocycles. The molecule has 5 atom stereocenters. The lowest BCUT2D eigenvalue weighted by atomic mass is 9.85. The minimum absolute atomic E-state index is 0.108. The molecular weight excluding hydrogens is 332 g/mol. The van der Waals surface area contributed by atoms with Gasteiger partial charge >= 0.3 is 0 Å². The fourth-order valence-electron chi connectivity index (χ4n) is 2.72. The third-order valence-corrected chi connectivity index (χ3v) is 4.18. The molecule has 8 N–H and O–H groups in total. The summed E-state index contributed by atoms with van der Waals surface area (Å²) < 4.78 is 10.4. The van der Waals surface area contributed by atoms with Gasteiger partial charge in [-0.2, -0.15) is 0 Å². The van der Waals surface area contributed by atoms with Crippen LogP contribution in [-0.2, 0) is 9.53 Å². The van der Waals surface area contributed by atoms with E-state index < -0.39 is 36.0 Å². The highest BCUT2D eigenvalue weighted by Gasteiger charge is 2.53. The van der Waals surface area contributed by atoms with E-state index in [0.29, 0.717) is 5.56 Å². The van der Waals surface area contributed by atoms with Crippen LogP contribution >= 0.6 is 0 Å². The SMILES string of the molecule is COc1cc(/C=C(/C(N)=O)[C@]2(N)O[C@@H](C)[C@H](O)[C@@H](O)[C@H]2O)ccc1O. The number of benzene rings is 1. The quantitative estimate of drug-likeness (QED) is 0.352. The molecule has 1 aromatic rings. The Labute approximate surface area is 144 Å². The molecule has 0 unspecified atom stereocenters. The summed E-state index contributed by atoms with van der Waals surface area (Å²) in [6.45, 7) is 1.43. The van der Waals surface area contributed by atoms with E-state index >= 15 is 0 Å². The Morgan fingerprint density at radius 2 is 1.96 bits per heavy atom. The second-order valence-corrected chi connectivity index (χ2v) is 5.90. The number of hydrogen-bond acceptors (Lipinski definition) is 8. The van der Waals surface area contributed by atoms with Crippen LogP contribution in [0.4, 0.5) is 0 Å². The number of aromatic hydroxyl groups is 1. The molecule has 9 heteroatoms. The van der Waals surface area contributed by atoms with Crippen LogP contribution in [0, 0.1) is 0 Å². The van der Waals surface area contributed by atoms with Crippen molar-refractivity contribution in [2.24, 2.45) is 11.5 Å². The van der Waals surface area contributed by atoms with Gasteiger partial charge in [0.1, 0.15) is 18.3 Å². The van der Waals surface area contributed by atoms with Crippen LogP contribution in [0.1, 0.15) is 12.5 Å². The third-order valence-electron chi connectivity index (χ3n) is 4.18. The number of phenols is 1. The van der Waals surface area contributed by atoms with Gasteiger partial charge in [0, 0.05) is 0 Å². The zero-order valence-electron chi connectivity index (χ0n) is 13.8. The summed E-state index contributed by atoms with van der Waals surface area (Å²) in [6, 6.07) is 4.23. The molecule has 0 aliphatic carbocycles. The van der Waals surface area contributed by atoms with Crippen molar-refractivity contribution >= 4 is 12.0 Å². The van der Waals surface area contributed by atoms with Gasteiger partial charge in [-0.15, -0.1) is 0 Å². The molecule has 1 fully saturated rings. The molecule has 0 spiro atoms. The maximum atomic E-state index is 11.9. The van der Waals surface area contributed by atoms with Gasteiger partial charge in [-0.25, -0.2) is 0 Å². The Hall–Kier alpha value is -2.17. The lowest BCUT2D eigenvalue weighted by Crippen LogP contribution is -2.69. The summed E-state index contributed by atoms with van der Waals surface area (Å²) in [7, 11) is 1.36. The zero-order valence-corrected chi connectivity index (χ0v) is 13.8. The van der Waals surface area contributed by atoms with E-state index in [9.17, 15) is 25.2 Å². The van der Waals surface area contributed by atoms with Crippen molar-refractivity contribution in [1.82, 2.24) is 0 Å². The predicted molar refractivity (Wildman–Crippen MR) is 87.3 cm³/mol. The number of ether oxygens (including phenoxy) is 2. The molecule has 2 rings (SSSR count). The van der Waals surface area contributed by atoms with Crippen molar-refractivity contribution < 1.29 is 34.7 Å². The number of hydrogen-bond donors (Lipinski definition) is 6. The Kier molecular flexibility index (Phi) is 5.35. The summed E-state index contributed by atoms with van der Waals surface area (Å²) in [4.78, 5) is 11.9. The minimum Gasteiger partial charge on any atom is -0.504 e. The van der Waals surface area contributed by atoms with Crippen LogP contribution in [0.15, 0.2) is 23.8 Å². The maximum absolute atomic E-state index is 11.9. The first kappa shape index (κ1) is 19.2. The summed E-state index contributed by atoms with van der Waals surface area (Å²) in [5, 5.41) is 39.6. The van der Waals surface area contributed by atoms with Gasteiger partial charge in [-0.1, -0.05) is 6.07 Å². The molecule has 1 heterocycles. The average Bonchev–Trinajstić information content (AvgIpc) is 2.57. The Morgan fingerprint density at radius 3 is 2.52 bits per heavy atom. The number of carbonyl (C=O) groups is 1. The average molecular weight is 354 g/mol. The number of phenolic OH excluding ortho intramolecular Hbond substituents is 1. The third kappa shape index (κ3) is 3.46. The number of aliphatic hydroxyl groups excluding tert-OH is 3. The topological polar surface area (TPSA) is 168 Å². The molecule has 0 saturated carbocycles. The van der Waals surface area contributed by atoms with Crippen molar-refractivity contribution in [1.29, 1.82) is 0 Å². The molecular formula is C16H22N2O7. The Bertz CT molecular complexity index is 693. The number of aliphatic hydroxyl groups is 3. The molecule has 0 bridgehead atoms. The monoisotopic (exact) mass is 354 g/mol. The van der Waals surface area contributed by atoms with Crippen LogP contribution in [0.3, 0.4) is 0 Å². The number of primary amides is 1. The van der Waals surface area contributed by atoms with Crippen molar-refractivity contribution in [3.05, 3.63) is 29.3 Å². The van der Waals surface area contributed by atoms with Gasteiger partial charge in [-0.3, -0.25) is 10.5 Å². The molecule has 1 saturated heterocycles. The first-order valence-corrected chi connectivity index (χ1v) is 7.51. The summed E-state index contributed by atoms with van der Waals surface area (Å²) in [5.74, 6) is -0.939. The van der Waals surface area contributed by atoms with E-state index in [1.54, 1.807) is 0 Å². The van der Waals surface area contributed by atoms with Crippen molar-refractivity contribution in [3.8, 4) is 11.5 Å². The molecule has 25 heavy (non-hydrogen) atoms. The molecule has 1 amide bonds. The highest BCUT2D eigenvalue weighted by molar-refractivity contribution is 5.99. The maximum Gasteiger partial charge on any atom is 0.249 e. The Morgan fingerprint density at radius 1 is 1.32 bits per heavy atom. The normalized spacial score (nSPS) is 33.1. The largest absolute Gasteiger partial charge is 0.504 e. The second-order valence-electron chi connectivity index (χ2n) is 5.90. The predicted octanol–water partition coefficient (Wildman–Crippen LogP) is -1.57. The molecule has 138 valence electrons. The lowest BCUT2D eigenvalue weighted by Gasteiger charge is -2.46. The fraction of sp³-hybridized carbons (Fsp3) is 0.438. The van der Waals surface area contributed by atoms with Crippen LogP contribution in [-0.4, -0.2) is 63.6 Å². The zero-order chi connectivity index (χ0) is 18.9. The molecule has 9 nitrogen and oxygen atoms in total. The van der Waals surface area contributed by atoms with E-state index in [4.69, 9.17) is 20.9 Å². The summed E-state index contributed by atoms with van der Waals surface area (Å²) >= 11 is 0. The highest BCUT2D eigenvalue weighted by atomic mass is 16.6. The molecule has 0 radical (unpaired) electrons. The van der Waals surface area contributed by atoms with Crippen molar-refractivity contribution in [2.45, 2.75) is 37.1 Å². The van der Waals surface area contributed by atoms with Gasteiger partial charge in [0.15, 0.2) is 17.2 Å². The van der Waals surface area contributed by atoms with Crippen molar-refractivity contribution in [2.75, 3.05) is 7.11 Å². The van der Waals surface area contributed by atoms with Crippen molar-refractivity contribution in [3.63, 3.8) is 0 Å². The summed E-state index contributed by atoms with van der Waals surface area (Å²) in [5.41, 5.74) is 9.37. The van der Waals surface area contributed by atoms with Crippen LogP contribution in [0.5, 0.6) is 11.5 Å². The van der Waals surface area contributed by atoms with Crippen LogP contribution in [0.2, 0.25) is 0 Å². The number of carbonyl (C=O) groups excluding carboxylic acids is 1. The smallest absolute Gasteiger partial charge is 0.249 e. The van der Waals surface area contributed by atoms with E-state index in [0.717, 1.165) is 0 Å².